The summed E-state index contributed by atoms with van der Waals surface area (Å²) in [4.78, 5) is 23.7. The van der Waals surface area contributed by atoms with Crippen molar-refractivity contribution in [3.8, 4) is 16.9 Å². The molecule has 0 spiro atoms. The Balaban J connectivity index is 1.64. The zero-order chi connectivity index (χ0) is 20.8. The van der Waals surface area contributed by atoms with Crippen molar-refractivity contribution in [2.75, 3.05) is 10.6 Å². The largest absolute Gasteiger partial charge is 0.481 e. The molecular formula is C23H21ClN2O3. The molecule has 0 saturated carbocycles. The smallest absolute Gasteiger partial charge is 0.265 e. The summed E-state index contributed by atoms with van der Waals surface area (Å²) in [6.07, 6.45) is -0.738. The molecule has 6 heteroatoms. The maximum absolute atomic E-state index is 12.5. The Morgan fingerprint density at radius 1 is 0.897 bits per heavy atom. The summed E-state index contributed by atoms with van der Waals surface area (Å²) in [5.41, 5.74) is 3.12. The van der Waals surface area contributed by atoms with Crippen LogP contribution in [0.25, 0.3) is 11.1 Å². The second kappa shape index (κ2) is 9.26. The predicted molar refractivity (Wildman–Crippen MR) is 116 cm³/mol. The molecule has 2 amide bonds. The van der Waals surface area contributed by atoms with Gasteiger partial charge in [-0.1, -0.05) is 54.1 Å². The van der Waals surface area contributed by atoms with Crippen molar-refractivity contribution in [2.24, 2.45) is 0 Å². The van der Waals surface area contributed by atoms with Gasteiger partial charge in [0.1, 0.15) is 5.75 Å². The van der Waals surface area contributed by atoms with Crippen LogP contribution in [0.3, 0.4) is 0 Å². The number of benzene rings is 3. The first-order valence-electron chi connectivity index (χ1n) is 9.12. The zero-order valence-electron chi connectivity index (χ0n) is 16.1. The lowest BCUT2D eigenvalue weighted by Gasteiger charge is -2.16. The third-order valence-corrected chi connectivity index (χ3v) is 4.52. The normalized spacial score (nSPS) is 11.4. The van der Waals surface area contributed by atoms with Crippen molar-refractivity contribution in [1.82, 2.24) is 0 Å². The van der Waals surface area contributed by atoms with Crippen LogP contribution in [-0.4, -0.2) is 17.9 Å². The van der Waals surface area contributed by atoms with Gasteiger partial charge >= 0.3 is 0 Å². The van der Waals surface area contributed by atoms with E-state index >= 15 is 0 Å². The van der Waals surface area contributed by atoms with E-state index in [2.05, 4.69) is 10.6 Å². The van der Waals surface area contributed by atoms with E-state index in [1.54, 1.807) is 25.1 Å². The number of ether oxygens (including phenoxy) is 1. The molecule has 0 aliphatic carbocycles. The van der Waals surface area contributed by atoms with E-state index in [0.717, 1.165) is 11.1 Å². The lowest BCUT2D eigenvalue weighted by atomic mass is 10.1. The third kappa shape index (κ3) is 5.59. The molecule has 3 rings (SSSR count). The van der Waals surface area contributed by atoms with Gasteiger partial charge in [-0.15, -0.1) is 0 Å². The van der Waals surface area contributed by atoms with E-state index in [1.165, 1.54) is 6.92 Å². The van der Waals surface area contributed by atoms with Gasteiger partial charge in [0.15, 0.2) is 6.10 Å². The van der Waals surface area contributed by atoms with Crippen LogP contribution in [0, 0.1) is 0 Å². The summed E-state index contributed by atoms with van der Waals surface area (Å²) < 4.78 is 5.75. The molecule has 0 saturated heterocycles. The average molecular weight is 409 g/mol. The fourth-order valence-corrected chi connectivity index (χ4v) is 2.92. The van der Waals surface area contributed by atoms with Crippen LogP contribution in [0.15, 0.2) is 72.8 Å². The molecule has 29 heavy (non-hydrogen) atoms. The van der Waals surface area contributed by atoms with Crippen LogP contribution in [0.2, 0.25) is 5.02 Å². The monoisotopic (exact) mass is 408 g/mol. The summed E-state index contributed by atoms with van der Waals surface area (Å²) >= 11 is 6.15. The molecule has 0 aliphatic heterocycles. The lowest BCUT2D eigenvalue weighted by Crippen LogP contribution is -2.30. The summed E-state index contributed by atoms with van der Waals surface area (Å²) in [5.74, 6) is 0.0321. The highest BCUT2D eigenvalue weighted by atomic mass is 35.5. The average Bonchev–Trinajstić information content (AvgIpc) is 2.71. The van der Waals surface area contributed by atoms with Gasteiger partial charge in [0.25, 0.3) is 5.91 Å². The van der Waals surface area contributed by atoms with E-state index in [1.807, 2.05) is 54.6 Å². The number of anilines is 2. The first-order valence-corrected chi connectivity index (χ1v) is 9.50. The molecule has 0 bridgehead atoms. The molecule has 148 valence electrons. The van der Waals surface area contributed by atoms with Gasteiger partial charge in [0.2, 0.25) is 5.91 Å². The first kappa shape index (κ1) is 20.4. The molecule has 5 nitrogen and oxygen atoms in total. The molecule has 0 radical (unpaired) electrons. The zero-order valence-corrected chi connectivity index (χ0v) is 16.9. The van der Waals surface area contributed by atoms with Crippen molar-refractivity contribution in [1.29, 1.82) is 0 Å². The number of hydrogen-bond acceptors (Lipinski definition) is 3. The van der Waals surface area contributed by atoms with Gasteiger partial charge in [0, 0.05) is 12.6 Å². The van der Waals surface area contributed by atoms with Crippen LogP contribution in [0.5, 0.6) is 5.75 Å². The maximum Gasteiger partial charge on any atom is 0.265 e. The summed E-state index contributed by atoms with van der Waals surface area (Å²) in [7, 11) is 0. The predicted octanol–water partition coefficient (Wildman–Crippen LogP) is 5.37. The van der Waals surface area contributed by atoms with Crippen molar-refractivity contribution in [2.45, 2.75) is 20.0 Å². The summed E-state index contributed by atoms with van der Waals surface area (Å²) in [5, 5.41) is 5.75. The van der Waals surface area contributed by atoms with Crippen LogP contribution in [-0.2, 0) is 9.59 Å². The number of halogens is 1. The summed E-state index contributed by atoms with van der Waals surface area (Å²) in [6.45, 7) is 3.07. The Morgan fingerprint density at radius 2 is 1.55 bits per heavy atom. The molecule has 1 unspecified atom stereocenters. The van der Waals surface area contributed by atoms with Crippen molar-refractivity contribution < 1.29 is 14.3 Å². The lowest BCUT2D eigenvalue weighted by molar-refractivity contribution is -0.122. The van der Waals surface area contributed by atoms with Gasteiger partial charge < -0.3 is 15.4 Å². The van der Waals surface area contributed by atoms with Crippen LogP contribution >= 0.6 is 11.6 Å². The molecule has 0 fully saturated rings. The molecule has 0 aliphatic rings. The van der Waals surface area contributed by atoms with Crippen molar-refractivity contribution in [3.05, 3.63) is 77.8 Å². The highest BCUT2D eigenvalue weighted by Gasteiger charge is 2.16. The van der Waals surface area contributed by atoms with Crippen molar-refractivity contribution >= 4 is 34.8 Å². The van der Waals surface area contributed by atoms with E-state index in [9.17, 15) is 9.59 Å². The SMILES string of the molecule is CC(=O)Nc1ccc(Cl)c(NC(=O)C(C)Oc2ccc(-c3ccccc3)cc2)c1. The topological polar surface area (TPSA) is 67.4 Å². The van der Waals surface area contributed by atoms with Crippen LogP contribution < -0.4 is 15.4 Å². The minimum absolute atomic E-state index is 0.208. The fraction of sp³-hybridized carbons (Fsp3) is 0.130. The highest BCUT2D eigenvalue weighted by molar-refractivity contribution is 6.34. The van der Waals surface area contributed by atoms with E-state index in [4.69, 9.17) is 16.3 Å². The Labute approximate surface area is 174 Å². The van der Waals surface area contributed by atoms with E-state index in [0.29, 0.717) is 22.1 Å². The van der Waals surface area contributed by atoms with Gasteiger partial charge in [-0.25, -0.2) is 0 Å². The quantitative estimate of drug-likeness (QED) is 0.576. The highest BCUT2D eigenvalue weighted by Crippen LogP contribution is 2.26. The molecule has 0 heterocycles. The molecule has 3 aromatic carbocycles. The molecule has 1 atom stereocenters. The maximum atomic E-state index is 12.5. The number of amides is 2. The van der Waals surface area contributed by atoms with Gasteiger partial charge in [-0.2, -0.15) is 0 Å². The number of nitrogens with one attached hydrogen (secondary N) is 2. The van der Waals surface area contributed by atoms with E-state index in [-0.39, 0.29) is 11.8 Å². The first-order chi connectivity index (χ1) is 13.9. The van der Waals surface area contributed by atoms with Gasteiger partial charge in [-0.3, -0.25) is 9.59 Å². The number of carbonyl (C=O) groups is 2. The Morgan fingerprint density at radius 3 is 2.21 bits per heavy atom. The standard InChI is InChI=1S/C23H21ClN2O3/c1-15(23(28)26-22-14-19(25-16(2)27)10-13-21(22)24)29-20-11-8-18(9-12-20)17-6-4-3-5-7-17/h3-15H,1-2H3,(H,25,27)(H,26,28). The molecule has 0 aromatic heterocycles. The molecule has 3 aromatic rings. The van der Waals surface area contributed by atoms with Crippen molar-refractivity contribution in [3.63, 3.8) is 0 Å². The Hall–Kier alpha value is -3.31. The summed E-state index contributed by atoms with van der Waals surface area (Å²) in [6, 6.07) is 22.4. The van der Waals surface area contributed by atoms with Crippen LogP contribution in [0.1, 0.15) is 13.8 Å². The Bertz CT molecular complexity index is 1000. The van der Waals surface area contributed by atoms with E-state index < -0.39 is 6.10 Å². The second-order valence-electron chi connectivity index (χ2n) is 6.52. The Kier molecular flexibility index (Phi) is 6.52. The minimum Gasteiger partial charge on any atom is -0.481 e. The number of rotatable bonds is 6. The number of hydrogen-bond donors (Lipinski definition) is 2. The molecule has 2 N–H and O–H groups in total. The van der Waals surface area contributed by atoms with Gasteiger partial charge in [0.05, 0.1) is 10.7 Å². The second-order valence-corrected chi connectivity index (χ2v) is 6.92. The minimum atomic E-state index is -0.738. The number of carbonyl (C=O) groups excluding carboxylic acids is 2. The third-order valence-electron chi connectivity index (χ3n) is 4.19. The van der Waals surface area contributed by atoms with Crippen LogP contribution in [0.4, 0.5) is 11.4 Å². The van der Waals surface area contributed by atoms with Gasteiger partial charge in [-0.05, 0) is 48.4 Å². The fourth-order valence-electron chi connectivity index (χ4n) is 2.75. The molecular weight excluding hydrogens is 388 g/mol.